The van der Waals surface area contributed by atoms with Crippen molar-refractivity contribution in [2.75, 3.05) is 13.1 Å². The van der Waals surface area contributed by atoms with Crippen LogP contribution >= 0.6 is 0 Å². The molecule has 1 aliphatic carbocycles. The molecule has 1 heterocycles. The monoisotopic (exact) mass is 208 g/mol. The molecule has 0 unspecified atom stereocenters. The third kappa shape index (κ3) is 3.22. The first-order valence-electron chi connectivity index (χ1n) is 6.56. The number of nitrogens with one attached hydrogen (secondary N) is 1. The van der Waals surface area contributed by atoms with E-state index in [9.17, 15) is 0 Å². The summed E-state index contributed by atoms with van der Waals surface area (Å²) in [7, 11) is 0. The van der Waals surface area contributed by atoms with Crippen LogP contribution in [0, 0.1) is 5.41 Å². The third-order valence-corrected chi connectivity index (χ3v) is 3.90. The minimum Gasteiger partial charge on any atom is -0.373 e. The Balaban J connectivity index is 1.78. The minimum absolute atomic E-state index is 0.550. The lowest BCUT2D eigenvalue weighted by molar-refractivity contribution is 0.334. The van der Waals surface area contributed by atoms with Crippen LogP contribution in [0.3, 0.4) is 0 Å². The van der Waals surface area contributed by atoms with Gasteiger partial charge in [0, 0.05) is 19.5 Å². The first-order chi connectivity index (χ1) is 7.29. The van der Waals surface area contributed by atoms with Crippen LogP contribution in [0.5, 0.6) is 0 Å². The Bertz CT molecular complexity index is 227. The molecular formula is C13H24N2. The highest BCUT2D eigenvalue weighted by Gasteiger charge is 2.28. The molecule has 0 aromatic heterocycles. The summed E-state index contributed by atoms with van der Waals surface area (Å²) >= 11 is 0. The SMILES string of the molecule is CC1(CNC2=NCCCCC2)CCCC1. The average molecular weight is 208 g/mol. The van der Waals surface area contributed by atoms with E-state index < -0.39 is 0 Å². The lowest BCUT2D eigenvalue weighted by atomic mass is 9.89. The Labute approximate surface area is 93.6 Å². The van der Waals surface area contributed by atoms with E-state index >= 15 is 0 Å². The van der Waals surface area contributed by atoms with Gasteiger partial charge in [-0.3, -0.25) is 4.99 Å². The lowest BCUT2D eigenvalue weighted by Crippen LogP contribution is -2.34. The molecule has 0 amide bonds. The van der Waals surface area contributed by atoms with E-state index in [1.807, 2.05) is 0 Å². The highest BCUT2D eigenvalue weighted by Crippen LogP contribution is 2.36. The van der Waals surface area contributed by atoms with Gasteiger partial charge in [0.25, 0.3) is 0 Å². The van der Waals surface area contributed by atoms with Gasteiger partial charge in [-0.1, -0.05) is 26.2 Å². The molecular weight excluding hydrogens is 184 g/mol. The van der Waals surface area contributed by atoms with Gasteiger partial charge in [-0.2, -0.15) is 0 Å². The molecule has 1 N–H and O–H groups in total. The van der Waals surface area contributed by atoms with Gasteiger partial charge in [-0.05, 0) is 31.1 Å². The first-order valence-corrected chi connectivity index (χ1v) is 6.56. The van der Waals surface area contributed by atoms with Crippen LogP contribution in [0.25, 0.3) is 0 Å². The highest BCUT2D eigenvalue weighted by atomic mass is 15.0. The fourth-order valence-corrected chi connectivity index (χ4v) is 2.74. The highest BCUT2D eigenvalue weighted by molar-refractivity contribution is 5.82. The molecule has 2 nitrogen and oxygen atoms in total. The van der Waals surface area contributed by atoms with Crippen molar-refractivity contribution in [2.24, 2.45) is 10.4 Å². The van der Waals surface area contributed by atoms with Gasteiger partial charge in [0.2, 0.25) is 0 Å². The van der Waals surface area contributed by atoms with Crippen molar-refractivity contribution < 1.29 is 0 Å². The smallest absolute Gasteiger partial charge is 0.0963 e. The second-order valence-electron chi connectivity index (χ2n) is 5.51. The van der Waals surface area contributed by atoms with E-state index in [1.54, 1.807) is 0 Å². The molecule has 0 spiro atoms. The normalized spacial score (nSPS) is 25.8. The topological polar surface area (TPSA) is 24.4 Å². The molecule has 0 aromatic rings. The molecule has 86 valence electrons. The van der Waals surface area contributed by atoms with Gasteiger partial charge >= 0.3 is 0 Å². The predicted octanol–water partition coefficient (Wildman–Crippen LogP) is 3.13. The summed E-state index contributed by atoms with van der Waals surface area (Å²) in [6, 6.07) is 0. The number of rotatable bonds is 2. The van der Waals surface area contributed by atoms with Gasteiger partial charge in [0.15, 0.2) is 0 Å². The maximum Gasteiger partial charge on any atom is 0.0963 e. The van der Waals surface area contributed by atoms with Crippen LogP contribution in [-0.4, -0.2) is 18.9 Å². The fourth-order valence-electron chi connectivity index (χ4n) is 2.74. The van der Waals surface area contributed by atoms with Gasteiger partial charge in [0.05, 0.1) is 5.84 Å². The Hall–Kier alpha value is -0.530. The van der Waals surface area contributed by atoms with Crippen LogP contribution in [-0.2, 0) is 0 Å². The summed E-state index contributed by atoms with van der Waals surface area (Å²) in [5.74, 6) is 1.28. The van der Waals surface area contributed by atoms with E-state index in [-0.39, 0.29) is 0 Å². The maximum atomic E-state index is 4.62. The molecule has 1 fully saturated rings. The summed E-state index contributed by atoms with van der Waals surface area (Å²) in [6.07, 6.45) is 10.8. The van der Waals surface area contributed by atoms with Crippen molar-refractivity contribution in [1.29, 1.82) is 0 Å². The molecule has 0 bridgehead atoms. The van der Waals surface area contributed by atoms with Crippen LogP contribution in [0.2, 0.25) is 0 Å². The Kier molecular flexibility index (Phi) is 3.66. The molecule has 0 saturated heterocycles. The molecule has 0 radical (unpaired) electrons. The van der Waals surface area contributed by atoms with Gasteiger partial charge in [0.1, 0.15) is 0 Å². The zero-order chi connectivity index (χ0) is 10.6. The van der Waals surface area contributed by atoms with E-state index in [2.05, 4.69) is 17.2 Å². The molecule has 0 aromatic carbocycles. The maximum absolute atomic E-state index is 4.62. The zero-order valence-electron chi connectivity index (χ0n) is 10.0. The quantitative estimate of drug-likeness (QED) is 0.741. The molecule has 2 heteroatoms. The summed E-state index contributed by atoms with van der Waals surface area (Å²) in [4.78, 5) is 4.62. The average Bonchev–Trinajstić information content (AvgIpc) is 2.53. The Morgan fingerprint density at radius 3 is 2.73 bits per heavy atom. The van der Waals surface area contributed by atoms with Gasteiger partial charge in [-0.15, -0.1) is 0 Å². The molecule has 2 aliphatic rings. The number of aliphatic imine (C=N–C) groups is 1. The van der Waals surface area contributed by atoms with Crippen molar-refractivity contribution in [3.63, 3.8) is 0 Å². The van der Waals surface area contributed by atoms with E-state index in [4.69, 9.17) is 0 Å². The van der Waals surface area contributed by atoms with E-state index in [0.717, 1.165) is 13.1 Å². The standard InChI is InChI=1S/C13H24N2/c1-13(8-4-5-9-13)11-15-12-7-3-2-6-10-14-12/h2-11H2,1H3,(H,14,15). The molecule has 1 saturated carbocycles. The summed E-state index contributed by atoms with van der Waals surface area (Å²) in [5.41, 5.74) is 0.550. The molecule has 0 atom stereocenters. The van der Waals surface area contributed by atoms with Crippen molar-refractivity contribution in [2.45, 2.75) is 58.3 Å². The zero-order valence-corrected chi connectivity index (χ0v) is 10.0. The second kappa shape index (κ2) is 5.00. The van der Waals surface area contributed by atoms with Crippen molar-refractivity contribution in [3.05, 3.63) is 0 Å². The van der Waals surface area contributed by atoms with Crippen LogP contribution < -0.4 is 5.32 Å². The number of hydrogen-bond donors (Lipinski definition) is 1. The summed E-state index contributed by atoms with van der Waals surface area (Å²) < 4.78 is 0. The first kappa shape index (κ1) is 11.0. The Morgan fingerprint density at radius 1 is 1.13 bits per heavy atom. The number of amidine groups is 1. The molecule has 15 heavy (non-hydrogen) atoms. The van der Waals surface area contributed by atoms with Crippen LogP contribution in [0.1, 0.15) is 58.3 Å². The van der Waals surface area contributed by atoms with Crippen molar-refractivity contribution >= 4 is 5.84 Å². The molecule has 2 rings (SSSR count). The van der Waals surface area contributed by atoms with Crippen molar-refractivity contribution in [1.82, 2.24) is 5.32 Å². The lowest BCUT2D eigenvalue weighted by Gasteiger charge is -2.24. The van der Waals surface area contributed by atoms with Crippen LogP contribution in [0.4, 0.5) is 0 Å². The van der Waals surface area contributed by atoms with Gasteiger partial charge < -0.3 is 5.32 Å². The summed E-state index contributed by atoms with van der Waals surface area (Å²) in [6.45, 7) is 4.61. The van der Waals surface area contributed by atoms with Gasteiger partial charge in [-0.25, -0.2) is 0 Å². The third-order valence-electron chi connectivity index (χ3n) is 3.90. The van der Waals surface area contributed by atoms with Crippen molar-refractivity contribution in [3.8, 4) is 0 Å². The van der Waals surface area contributed by atoms with E-state index in [1.165, 1.54) is 57.2 Å². The largest absolute Gasteiger partial charge is 0.373 e. The number of hydrogen-bond acceptors (Lipinski definition) is 2. The van der Waals surface area contributed by atoms with E-state index in [0.29, 0.717) is 5.41 Å². The molecule has 1 aliphatic heterocycles. The number of nitrogens with zero attached hydrogens (tertiary/aromatic N) is 1. The summed E-state index contributed by atoms with van der Waals surface area (Å²) in [5, 5.41) is 3.59. The van der Waals surface area contributed by atoms with Crippen LogP contribution in [0.15, 0.2) is 4.99 Å². The fraction of sp³-hybridized carbons (Fsp3) is 0.923. The predicted molar refractivity (Wildman–Crippen MR) is 65.3 cm³/mol. The second-order valence-corrected chi connectivity index (χ2v) is 5.51. The minimum atomic E-state index is 0.550. The Morgan fingerprint density at radius 2 is 1.93 bits per heavy atom.